The Balaban J connectivity index is 2.57. The van der Waals surface area contributed by atoms with Crippen molar-refractivity contribution in [3.8, 4) is 11.1 Å². The lowest BCUT2D eigenvalue weighted by molar-refractivity contribution is 1.38. The average molecular weight is 340 g/mol. The maximum Gasteiger partial charge on any atom is 0.0192 e. The summed E-state index contributed by atoms with van der Waals surface area (Å²) in [6.07, 6.45) is 0. The van der Waals surface area contributed by atoms with E-state index in [1.807, 2.05) is 6.07 Å². The lowest BCUT2D eigenvalue weighted by Crippen LogP contribution is -1.83. The molecule has 0 aliphatic rings. The van der Waals surface area contributed by atoms with Crippen LogP contribution in [0.3, 0.4) is 0 Å². The highest BCUT2D eigenvalue weighted by Crippen LogP contribution is 2.28. The normalized spacial score (nSPS) is 10.5. The highest BCUT2D eigenvalue weighted by Gasteiger charge is 2.02. The van der Waals surface area contributed by atoms with Gasteiger partial charge in [-0.15, -0.1) is 0 Å². The number of aryl methyl sites for hydroxylation is 2. The van der Waals surface area contributed by atoms with Crippen LogP contribution in [0.15, 0.2) is 45.3 Å². The van der Waals surface area contributed by atoms with Crippen LogP contribution in [-0.2, 0) is 0 Å². The van der Waals surface area contributed by atoms with E-state index in [0.717, 1.165) is 8.95 Å². The van der Waals surface area contributed by atoms with Crippen molar-refractivity contribution in [2.75, 3.05) is 0 Å². The van der Waals surface area contributed by atoms with Gasteiger partial charge in [0.25, 0.3) is 0 Å². The molecule has 0 N–H and O–H groups in total. The monoisotopic (exact) mass is 338 g/mol. The van der Waals surface area contributed by atoms with E-state index < -0.39 is 0 Å². The summed E-state index contributed by atoms with van der Waals surface area (Å²) in [5.74, 6) is 0. The Labute approximate surface area is 113 Å². The van der Waals surface area contributed by atoms with Crippen LogP contribution in [0.4, 0.5) is 0 Å². The second kappa shape index (κ2) is 4.72. The average Bonchev–Trinajstić information content (AvgIpc) is 2.14. The summed E-state index contributed by atoms with van der Waals surface area (Å²) in [6.45, 7) is 4.26. The largest absolute Gasteiger partial charge is 0.0563 e. The van der Waals surface area contributed by atoms with E-state index in [2.05, 4.69) is 76.0 Å². The molecule has 16 heavy (non-hydrogen) atoms. The van der Waals surface area contributed by atoms with Crippen LogP contribution >= 0.6 is 31.9 Å². The predicted octanol–water partition coefficient (Wildman–Crippen LogP) is 5.50. The van der Waals surface area contributed by atoms with Crippen LogP contribution in [0.5, 0.6) is 0 Å². The molecule has 2 aromatic carbocycles. The molecule has 0 aliphatic heterocycles. The Kier molecular flexibility index (Phi) is 3.50. The van der Waals surface area contributed by atoms with E-state index in [1.165, 1.54) is 22.3 Å². The zero-order valence-electron chi connectivity index (χ0n) is 9.22. The van der Waals surface area contributed by atoms with Crippen LogP contribution in [0, 0.1) is 13.8 Å². The zero-order chi connectivity index (χ0) is 11.7. The fourth-order valence-electron chi connectivity index (χ4n) is 1.86. The van der Waals surface area contributed by atoms with Crippen molar-refractivity contribution in [1.82, 2.24) is 0 Å². The van der Waals surface area contributed by atoms with Gasteiger partial charge in [-0.1, -0.05) is 61.2 Å². The number of hydrogen-bond acceptors (Lipinski definition) is 0. The molecule has 82 valence electrons. The summed E-state index contributed by atoms with van der Waals surface area (Å²) in [7, 11) is 0. The molecule has 0 nitrogen and oxygen atoms in total. The molecule has 0 unspecified atom stereocenters. The first-order valence-electron chi connectivity index (χ1n) is 5.09. The fraction of sp³-hybridized carbons (Fsp3) is 0.143. The van der Waals surface area contributed by atoms with Crippen molar-refractivity contribution in [3.63, 3.8) is 0 Å². The van der Waals surface area contributed by atoms with Gasteiger partial charge in [0, 0.05) is 8.95 Å². The molecule has 0 heterocycles. The fourth-order valence-corrected chi connectivity index (χ4v) is 3.16. The lowest BCUT2D eigenvalue weighted by Gasteiger charge is -2.06. The third-order valence-corrected chi connectivity index (χ3v) is 3.33. The summed E-state index contributed by atoms with van der Waals surface area (Å²) in [5.41, 5.74) is 5.09. The van der Waals surface area contributed by atoms with Crippen LogP contribution < -0.4 is 0 Å². The van der Waals surface area contributed by atoms with Crippen LogP contribution in [0.1, 0.15) is 11.1 Å². The summed E-state index contributed by atoms with van der Waals surface area (Å²) in [5, 5.41) is 0. The van der Waals surface area contributed by atoms with Crippen molar-refractivity contribution in [3.05, 3.63) is 56.5 Å². The number of benzene rings is 2. The molecular formula is C14H12Br2. The Morgan fingerprint density at radius 3 is 1.56 bits per heavy atom. The summed E-state index contributed by atoms with van der Waals surface area (Å²) >= 11 is 7.03. The van der Waals surface area contributed by atoms with E-state index in [-0.39, 0.29) is 0 Å². The van der Waals surface area contributed by atoms with E-state index in [0.29, 0.717) is 0 Å². The highest BCUT2D eigenvalue weighted by molar-refractivity contribution is 9.11. The molecule has 0 aromatic heterocycles. The number of rotatable bonds is 1. The molecule has 0 saturated heterocycles. The summed E-state index contributed by atoms with van der Waals surface area (Å²) < 4.78 is 2.19. The second-order valence-electron chi connectivity index (χ2n) is 4.03. The second-order valence-corrected chi connectivity index (χ2v) is 5.87. The molecule has 0 saturated carbocycles. The molecule has 0 radical (unpaired) electrons. The van der Waals surface area contributed by atoms with E-state index in [1.54, 1.807) is 0 Å². The summed E-state index contributed by atoms with van der Waals surface area (Å²) in [6, 6.07) is 12.9. The quantitative estimate of drug-likeness (QED) is 0.644. The van der Waals surface area contributed by atoms with E-state index in [4.69, 9.17) is 0 Å². The molecule has 2 heteroatoms. The SMILES string of the molecule is Cc1cc(C)cc(-c2cc(Br)cc(Br)c2)c1. The smallest absolute Gasteiger partial charge is 0.0192 e. The minimum Gasteiger partial charge on any atom is -0.0563 e. The first-order valence-corrected chi connectivity index (χ1v) is 6.68. The van der Waals surface area contributed by atoms with Gasteiger partial charge in [-0.05, 0) is 43.2 Å². The molecule has 0 bridgehead atoms. The maximum atomic E-state index is 3.52. The van der Waals surface area contributed by atoms with Crippen LogP contribution in [0.25, 0.3) is 11.1 Å². The predicted molar refractivity (Wildman–Crippen MR) is 76.8 cm³/mol. The van der Waals surface area contributed by atoms with Gasteiger partial charge in [0.1, 0.15) is 0 Å². The van der Waals surface area contributed by atoms with Gasteiger partial charge in [-0.2, -0.15) is 0 Å². The Hall–Kier alpha value is -0.600. The maximum absolute atomic E-state index is 3.52. The highest BCUT2D eigenvalue weighted by atomic mass is 79.9. The number of halogens is 2. The van der Waals surface area contributed by atoms with Gasteiger partial charge in [0.2, 0.25) is 0 Å². The van der Waals surface area contributed by atoms with Crippen molar-refractivity contribution in [2.45, 2.75) is 13.8 Å². The van der Waals surface area contributed by atoms with Crippen molar-refractivity contribution in [1.29, 1.82) is 0 Å². The molecule has 2 rings (SSSR count). The van der Waals surface area contributed by atoms with Crippen molar-refractivity contribution in [2.24, 2.45) is 0 Å². The standard InChI is InChI=1S/C14H12Br2/c1-9-3-10(2)5-11(4-9)12-6-13(15)8-14(16)7-12/h3-8H,1-2H3. The molecule has 0 amide bonds. The third-order valence-electron chi connectivity index (χ3n) is 2.42. The Bertz CT molecular complexity index is 440. The van der Waals surface area contributed by atoms with Gasteiger partial charge in [0.15, 0.2) is 0 Å². The lowest BCUT2D eigenvalue weighted by atomic mass is 10.0. The minimum absolute atomic E-state index is 1.09. The first-order chi connectivity index (χ1) is 7.54. The van der Waals surface area contributed by atoms with E-state index >= 15 is 0 Å². The molecule has 0 spiro atoms. The van der Waals surface area contributed by atoms with Gasteiger partial charge >= 0.3 is 0 Å². The molecular weight excluding hydrogens is 328 g/mol. The van der Waals surface area contributed by atoms with Crippen molar-refractivity contribution < 1.29 is 0 Å². The van der Waals surface area contributed by atoms with Gasteiger partial charge in [-0.3, -0.25) is 0 Å². The van der Waals surface area contributed by atoms with Crippen LogP contribution in [-0.4, -0.2) is 0 Å². The van der Waals surface area contributed by atoms with Gasteiger partial charge in [-0.25, -0.2) is 0 Å². The van der Waals surface area contributed by atoms with Gasteiger partial charge < -0.3 is 0 Å². The van der Waals surface area contributed by atoms with Crippen LogP contribution in [0.2, 0.25) is 0 Å². The molecule has 0 fully saturated rings. The van der Waals surface area contributed by atoms with Gasteiger partial charge in [0.05, 0.1) is 0 Å². The molecule has 0 aliphatic carbocycles. The molecule has 0 atom stereocenters. The molecule has 2 aromatic rings. The zero-order valence-corrected chi connectivity index (χ0v) is 12.4. The minimum atomic E-state index is 1.09. The topological polar surface area (TPSA) is 0 Å². The Morgan fingerprint density at radius 1 is 0.625 bits per heavy atom. The Morgan fingerprint density at radius 2 is 1.06 bits per heavy atom. The first kappa shape index (κ1) is 11.9. The number of hydrogen-bond donors (Lipinski definition) is 0. The third kappa shape index (κ3) is 2.74. The van der Waals surface area contributed by atoms with Crippen molar-refractivity contribution >= 4 is 31.9 Å². The summed E-state index contributed by atoms with van der Waals surface area (Å²) in [4.78, 5) is 0. The van der Waals surface area contributed by atoms with E-state index in [9.17, 15) is 0 Å².